The molecule has 0 aliphatic heterocycles. The van der Waals surface area contributed by atoms with Crippen LogP contribution >= 0.6 is 15.9 Å². The second kappa shape index (κ2) is 8.83. The topological polar surface area (TPSA) is 52.6 Å². The van der Waals surface area contributed by atoms with Crippen LogP contribution in [0, 0.1) is 0 Å². The van der Waals surface area contributed by atoms with E-state index in [9.17, 15) is 14.1 Å². The van der Waals surface area contributed by atoms with Crippen molar-refractivity contribution in [1.29, 1.82) is 0 Å². The van der Waals surface area contributed by atoms with E-state index in [4.69, 9.17) is 4.74 Å². The van der Waals surface area contributed by atoms with Gasteiger partial charge in [0.2, 0.25) is 0 Å². The van der Waals surface area contributed by atoms with Crippen molar-refractivity contribution in [1.82, 2.24) is 0 Å². The molecule has 1 aromatic carbocycles. The fourth-order valence-corrected chi connectivity index (χ4v) is 1.39. The highest BCUT2D eigenvalue weighted by Crippen LogP contribution is 2.23. The van der Waals surface area contributed by atoms with Crippen molar-refractivity contribution in [3.05, 3.63) is 28.2 Å². The lowest BCUT2D eigenvalue weighted by atomic mass is 10.1. The fraction of sp³-hybridized carbons (Fsp3) is 0.273. The average molecular weight is 307 g/mol. The van der Waals surface area contributed by atoms with Crippen LogP contribution in [0.5, 0.6) is 5.75 Å². The first-order chi connectivity index (χ1) is 8.06. The van der Waals surface area contributed by atoms with E-state index in [1.165, 1.54) is 6.92 Å². The Morgan fingerprint density at radius 2 is 2.12 bits per heavy atom. The summed E-state index contributed by atoms with van der Waals surface area (Å²) in [5.41, 5.74) is 0.473. The Labute approximate surface area is 107 Å². The van der Waals surface area contributed by atoms with Gasteiger partial charge in [0.15, 0.2) is 12.1 Å². The maximum atomic E-state index is 11.2. The van der Waals surface area contributed by atoms with Gasteiger partial charge in [0.1, 0.15) is 12.4 Å². The molecule has 0 aromatic heterocycles. The number of rotatable bonds is 4. The zero-order valence-electron chi connectivity index (χ0n) is 9.41. The van der Waals surface area contributed by atoms with Crippen LogP contribution in [0.15, 0.2) is 22.7 Å². The van der Waals surface area contributed by atoms with Gasteiger partial charge in [0.25, 0.3) is 0 Å². The molecular formula is C11H12BrFO4. The summed E-state index contributed by atoms with van der Waals surface area (Å²) in [6.45, 7) is 1.41. The molecule has 0 radical (unpaired) electrons. The first kappa shape index (κ1) is 15.7. The van der Waals surface area contributed by atoms with Crippen LogP contribution in [0.4, 0.5) is 4.53 Å². The van der Waals surface area contributed by atoms with Gasteiger partial charge < -0.3 is 4.74 Å². The first-order valence-corrected chi connectivity index (χ1v) is 5.37. The van der Waals surface area contributed by atoms with Crippen molar-refractivity contribution in [2.24, 2.45) is 0 Å². The Hall–Kier alpha value is -1.27. The molecule has 1 aromatic rings. The summed E-state index contributed by atoms with van der Waals surface area (Å²) in [5, 5.41) is 0. The molecule has 0 aliphatic carbocycles. The van der Waals surface area contributed by atoms with Gasteiger partial charge in [0.05, 0.1) is 12.7 Å². The van der Waals surface area contributed by atoms with Gasteiger partial charge >= 0.3 is 0 Å². The minimum Gasteiger partial charge on any atom is -0.485 e. The quantitative estimate of drug-likeness (QED) is 0.634. The van der Waals surface area contributed by atoms with Crippen molar-refractivity contribution >= 4 is 28.0 Å². The summed E-state index contributed by atoms with van der Waals surface area (Å²) < 4.78 is 15.7. The Morgan fingerprint density at radius 1 is 1.53 bits per heavy atom. The van der Waals surface area contributed by atoms with Crippen molar-refractivity contribution in [3.8, 4) is 5.75 Å². The Morgan fingerprint density at radius 3 is 2.59 bits per heavy atom. The molecule has 0 spiro atoms. The molecule has 0 saturated carbocycles. The summed E-state index contributed by atoms with van der Waals surface area (Å²) in [5.74, 6) is 0.347. The molecule has 94 valence electrons. The molecule has 0 unspecified atom stereocenters. The number of ketones is 1. The van der Waals surface area contributed by atoms with E-state index in [1.54, 1.807) is 18.2 Å². The smallest absolute Gasteiger partial charge is 0.163 e. The maximum absolute atomic E-state index is 11.2. The van der Waals surface area contributed by atoms with Gasteiger partial charge in [-0.25, -0.2) is 0 Å². The molecule has 0 atom stereocenters. The van der Waals surface area contributed by atoms with E-state index < -0.39 is 0 Å². The van der Waals surface area contributed by atoms with Crippen LogP contribution in [0.1, 0.15) is 17.3 Å². The van der Waals surface area contributed by atoms with E-state index >= 15 is 0 Å². The Bertz CT molecular complexity index is 382. The van der Waals surface area contributed by atoms with E-state index in [-0.39, 0.29) is 12.4 Å². The monoisotopic (exact) mass is 306 g/mol. The maximum Gasteiger partial charge on any atom is 0.163 e. The molecule has 0 fully saturated rings. The highest BCUT2D eigenvalue weighted by Gasteiger charge is 2.08. The van der Waals surface area contributed by atoms with Crippen LogP contribution in [-0.2, 0) is 9.74 Å². The second-order valence-electron chi connectivity index (χ2n) is 2.83. The minimum absolute atomic E-state index is 0.0398. The standard InChI is InChI=1S/C10H9BrO3.CH3FO/c1-7(13)9-6-8(11)2-3-10(9)14-5-4-12;1-3-2/h2-4,6H,5H2,1H3;1H3. The van der Waals surface area contributed by atoms with Crippen molar-refractivity contribution in [2.45, 2.75) is 6.92 Å². The van der Waals surface area contributed by atoms with Crippen LogP contribution in [0.3, 0.4) is 0 Å². The molecule has 0 N–H and O–H groups in total. The van der Waals surface area contributed by atoms with Gasteiger partial charge in [-0.15, -0.1) is 0 Å². The van der Waals surface area contributed by atoms with Gasteiger partial charge in [-0.3, -0.25) is 9.59 Å². The summed E-state index contributed by atoms with van der Waals surface area (Å²) in [6, 6.07) is 5.08. The third kappa shape index (κ3) is 6.13. The molecule has 0 aliphatic rings. The molecule has 17 heavy (non-hydrogen) atoms. The number of ether oxygens (including phenoxy) is 1. The number of hydrogen-bond acceptors (Lipinski definition) is 4. The SMILES string of the molecule is CC(=O)c1cc(Br)ccc1OCC=O.COF. The Balaban J connectivity index is 0.000000770. The number of carbonyl (C=O) groups is 2. The van der Waals surface area contributed by atoms with Crippen LogP contribution in [-0.4, -0.2) is 25.8 Å². The number of carbonyl (C=O) groups excluding carboxylic acids is 2. The molecule has 1 rings (SSSR count). The molecule has 4 nitrogen and oxygen atoms in total. The lowest BCUT2D eigenvalue weighted by Gasteiger charge is -2.07. The number of benzene rings is 1. The first-order valence-electron chi connectivity index (χ1n) is 4.58. The number of halogens is 2. The number of hydrogen-bond donors (Lipinski definition) is 0. The van der Waals surface area contributed by atoms with E-state index in [0.717, 1.165) is 11.6 Å². The predicted octanol–water partition coefficient (Wildman–Crippen LogP) is 2.75. The summed E-state index contributed by atoms with van der Waals surface area (Å²) >= 11 is 3.26. The zero-order chi connectivity index (χ0) is 13.3. The van der Waals surface area contributed by atoms with Gasteiger partial charge in [0, 0.05) is 4.47 Å². The zero-order valence-corrected chi connectivity index (χ0v) is 11.0. The molecular weight excluding hydrogens is 295 g/mol. The fourth-order valence-electron chi connectivity index (χ4n) is 1.03. The normalized spacial score (nSPS) is 8.94. The predicted molar refractivity (Wildman–Crippen MR) is 63.8 cm³/mol. The number of Topliss-reactive ketones (excluding diaryl/α,β-unsaturated/α-hetero) is 1. The highest BCUT2D eigenvalue weighted by molar-refractivity contribution is 9.10. The molecule has 0 saturated heterocycles. The summed E-state index contributed by atoms with van der Waals surface area (Å²) in [7, 11) is 0.958. The number of aldehydes is 1. The van der Waals surface area contributed by atoms with E-state index in [0.29, 0.717) is 17.6 Å². The van der Waals surface area contributed by atoms with Crippen molar-refractivity contribution in [3.63, 3.8) is 0 Å². The molecule has 6 heteroatoms. The van der Waals surface area contributed by atoms with E-state index in [1.807, 2.05) is 0 Å². The molecule has 0 heterocycles. The molecule has 0 amide bonds. The van der Waals surface area contributed by atoms with Crippen molar-refractivity contribution in [2.75, 3.05) is 13.7 Å². The second-order valence-corrected chi connectivity index (χ2v) is 3.74. The largest absolute Gasteiger partial charge is 0.485 e. The van der Waals surface area contributed by atoms with Crippen molar-refractivity contribution < 1.29 is 23.8 Å². The highest BCUT2D eigenvalue weighted by atomic mass is 79.9. The van der Waals surface area contributed by atoms with Gasteiger partial charge in [-0.1, -0.05) is 15.9 Å². The van der Waals surface area contributed by atoms with Gasteiger partial charge in [-0.05, 0) is 29.6 Å². The average Bonchev–Trinajstić information content (AvgIpc) is 2.28. The minimum atomic E-state index is -0.0906. The van der Waals surface area contributed by atoms with Crippen LogP contribution < -0.4 is 4.74 Å². The van der Waals surface area contributed by atoms with Gasteiger partial charge in [-0.2, -0.15) is 4.94 Å². The van der Waals surface area contributed by atoms with E-state index in [2.05, 4.69) is 20.9 Å². The van der Waals surface area contributed by atoms with Crippen LogP contribution in [0.2, 0.25) is 0 Å². The lowest BCUT2D eigenvalue weighted by Crippen LogP contribution is -2.03. The third-order valence-electron chi connectivity index (χ3n) is 1.63. The summed E-state index contributed by atoms with van der Waals surface area (Å²) in [6.07, 6.45) is 0.645. The molecule has 0 bridgehead atoms. The summed E-state index contributed by atoms with van der Waals surface area (Å²) in [4.78, 5) is 24.0. The lowest BCUT2D eigenvalue weighted by molar-refractivity contribution is -0.109. The van der Waals surface area contributed by atoms with Crippen LogP contribution in [0.25, 0.3) is 0 Å². The third-order valence-corrected chi connectivity index (χ3v) is 2.12. The Kier molecular flexibility index (Phi) is 8.17.